The van der Waals surface area contributed by atoms with E-state index in [0.717, 1.165) is 12.1 Å². The van der Waals surface area contributed by atoms with Crippen LogP contribution in [-0.2, 0) is 5.75 Å². The summed E-state index contributed by atoms with van der Waals surface area (Å²) < 4.78 is 0. The maximum atomic E-state index is 10.4. The third-order valence-corrected chi connectivity index (χ3v) is 2.98. The van der Waals surface area contributed by atoms with E-state index in [1.807, 2.05) is 30.3 Å². The highest BCUT2D eigenvalue weighted by atomic mass is 32.2. The molecule has 0 aliphatic carbocycles. The minimum absolute atomic E-state index is 0.508. The highest BCUT2D eigenvalue weighted by Gasteiger charge is 1.98. The van der Waals surface area contributed by atoms with Crippen molar-refractivity contribution < 1.29 is 4.79 Å². The number of aromatic nitrogens is 2. The fraction of sp³-hybridized carbons (Fsp3) is 0.0833. The van der Waals surface area contributed by atoms with Crippen LogP contribution in [0.15, 0.2) is 47.6 Å². The summed E-state index contributed by atoms with van der Waals surface area (Å²) >= 11 is 1.67. The minimum atomic E-state index is 0.508. The predicted molar refractivity (Wildman–Crippen MR) is 63.4 cm³/mol. The van der Waals surface area contributed by atoms with Crippen LogP contribution < -0.4 is 0 Å². The number of hydrogen-bond acceptors (Lipinski definition) is 4. The lowest BCUT2D eigenvalue weighted by Crippen LogP contribution is -1.93. The second kappa shape index (κ2) is 5.42. The molecule has 1 aromatic carbocycles. The topological polar surface area (TPSA) is 42.9 Å². The number of aldehydes is 1. The van der Waals surface area contributed by atoms with Crippen molar-refractivity contribution in [2.24, 2.45) is 0 Å². The maximum Gasteiger partial charge on any atom is 0.153 e. The first-order valence-corrected chi connectivity index (χ1v) is 5.81. The van der Waals surface area contributed by atoms with Crippen molar-refractivity contribution in [1.29, 1.82) is 0 Å². The smallest absolute Gasteiger partial charge is 0.153 e. The molecule has 3 nitrogen and oxygen atoms in total. The second-order valence-electron chi connectivity index (χ2n) is 3.15. The van der Waals surface area contributed by atoms with Crippen molar-refractivity contribution in [1.82, 2.24) is 9.97 Å². The molecule has 0 saturated heterocycles. The Morgan fingerprint density at radius 1 is 1.12 bits per heavy atom. The zero-order valence-corrected chi connectivity index (χ0v) is 9.35. The number of thioether (sulfide) groups is 1. The molecule has 0 atom stereocenters. The summed E-state index contributed by atoms with van der Waals surface area (Å²) in [5, 5.41) is 0. The molecule has 1 aromatic heterocycles. The Kier molecular flexibility index (Phi) is 3.66. The molecule has 16 heavy (non-hydrogen) atoms. The van der Waals surface area contributed by atoms with Crippen LogP contribution >= 0.6 is 11.8 Å². The van der Waals surface area contributed by atoms with Gasteiger partial charge in [-0.3, -0.25) is 4.79 Å². The summed E-state index contributed by atoms with van der Waals surface area (Å²) in [4.78, 5) is 19.8. The van der Waals surface area contributed by atoms with E-state index in [4.69, 9.17) is 0 Å². The number of carbonyl (C=O) groups excluding carboxylic acids is 1. The SMILES string of the molecule is O=Cc1cnc(CSc2ccccc2)nc1. The molecule has 0 fully saturated rings. The average Bonchev–Trinajstić information content (AvgIpc) is 2.38. The lowest BCUT2D eigenvalue weighted by molar-refractivity contribution is 0.112. The van der Waals surface area contributed by atoms with Gasteiger partial charge in [-0.05, 0) is 12.1 Å². The Labute approximate surface area is 97.9 Å². The van der Waals surface area contributed by atoms with Gasteiger partial charge < -0.3 is 0 Å². The summed E-state index contributed by atoms with van der Waals surface area (Å²) in [6, 6.07) is 10.1. The number of benzene rings is 1. The van der Waals surface area contributed by atoms with Gasteiger partial charge in [-0.25, -0.2) is 9.97 Å². The Morgan fingerprint density at radius 3 is 2.44 bits per heavy atom. The quantitative estimate of drug-likeness (QED) is 0.598. The molecule has 1 heterocycles. The molecule has 0 amide bonds. The van der Waals surface area contributed by atoms with Crippen LogP contribution in [0.4, 0.5) is 0 Å². The molecule has 0 spiro atoms. The van der Waals surface area contributed by atoms with Gasteiger partial charge in [0, 0.05) is 17.3 Å². The van der Waals surface area contributed by atoms with Crippen molar-refractivity contribution in [3.8, 4) is 0 Å². The minimum Gasteiger partial charge on any atom is -0.298 e. The average molecular weight is 230 g/mol. The monoisotopic (exact) mass is 230 g/mol. The van der Waals surface area contributed by atoms with Gasteiger partial charge >= 0.3 is 0 Å². The van der Waals surface area contributed by atoms with Gasteiger partial charge in [-0.1, -0.05) is 18.2 Å². The molecule has 0 unspecified atom stereocenters. The molecule has 0 aliphatic heterocycles. The highest BCUT2D eigenvalue weighted by Crippen LogP contribution is 2.20. The summed E-state index contributed by atoms with van der Waals surface area (Å²) in [5.41, 5.74) is 0.508. The molecule has 0 bridgehead atoms. The predicted octanol–water partition coefficient (Wildman–Crippen LogP) is 2.58. The third kappa shape index (κ3) is 2.90. The number of nitrogens with zero attached hydrogens (tertiary/aromatic N) is 2. The van der Waals surface area contributed by atoms with Gasteiger partial charge in [0.15, 0.2) is 6.29 Å². The van der Waals surface area contributed by atoms with Crippen molar-refractivity contribution >= 4 is 18.0 Å². The first kappa shape index (κ1) is 10.8. The first-order chi connectivity index (χ1) is 7.88. The zero-order valence-electron chi connectivity index (χ0n) is 8.54. The third-order valence-electron chi connectivity index (χ3n) is 1.97. The van der Waals surface area contributed by atoms with Gasteiger partial charge in [0.2, 0.25) is 0 Å². The van der Waals surface area contributed by atoms with E-state index in [1.165, 1.54) is 4.90 Å². The maximum absolute atomic E-state index is 10.4. The van der Waals surface area contributed by atoms with E-state index in [9.17, 15) is 4.79 Å². The highest BCUT2D eigenvalue weighted by molar-refractivity contribution is 7.98. The lowest BCUT2D eigenvalue weighted by Gasteiger charge is -2.00. The summed E-state index contributed by atoms with van der Waals surface area (Å²) in [6.07, 6.45) is 3.83. The van der Waals surface area contributed by atoms with E-state index >= 15 is 0 Å². The van der Waals surface area contributed by atoms with Crippen molar-refractivity contribution in [3.63, 3.8) is 0 Å². The molecule has 0 aliphatic rings. The second-order valence-corrected chi connectivity index (χ2v) is 4.20. The largest absolute Gasteiger partial charge is 0.298 e. The summed E-state index contributed by atoms with van der Waals surface area (Å²) in [5.74, 6) is 1.45. The van der Waals surface area contributed by atoms with Gasteiger partial charge in [0.1, 0.15) is 5.82 Å². The molecule has 2 aromatic rings. The molecule has 0 N–H and O–H groups in total. The van der Waals surface area contributed by atoms with E-state index in [0.29, 0.717) is 11.3 Å². The van der Waals surface area contributed by atoms with Crippen LogP contribution in [0.1, 0.15) is 16.2 Å². The number of carbonyl (C=O) groups is 1. The fourth-order valence-electron chi connectivity index (χ4n) is 1.16. The Morgan fingerprint density at radius 2 is 1.81 bits per heavy atom. The molecule has 80 valence electrons. The molecule has 0 radical (unpaired) electrons. The van der Waals surface area contributed by atoms with Gasteiger partial charge in [0.05, 0.1) is 11.3 Å². The Bertz CT molecular complexity index is 456. The van der Waals surface area contributed by atoms with Gasteiger partial charge in [-0.2, -0.15) is 0 Å². The van der Waals surface area contributed by atoms with Crippen molar-refractivity contribution in [2.45, 2.75) is 10.6 Å². The number of hydrogen-bond donors (Lipinski definition) is 0. The van der Waals surface area contributed by atoms with E-state index in [2.05, 4.69) is 9.97 Å². The van der Waals surface area contributed by atoms with Crippen LogP contribution in [0.25, 0.3) is 0 Å². The normalized spacial score (nSPS) is 10.0. The standard InChI is InChI=1S/C12H10N2OS/c15-8-10-6-13-12(14-7-10)9-16-11-4-2-1-3-5-11/h1-8H,9H2. The first-order valence-electron chi connectivity index (χ1n) is 4.82. The Balaban J connectivity index is 1.97. The van der Waals surface area contributed by atoms with Crippen molar-refractivity contribution in [3.05, 3.63) is 54.1 Å². The molecular formula is C12H10N2OS. The van der Waals surface area contributed by atoms with E-state index in [-0.39, 0.29) is 0 Å². The van der Waals surface area contributed by atoms with Crippen LogP contribution in [0, 0.1) is 0 Å². The fourth-order valence-corrected chi connectivity index (χ4v) is 1.96. The van der Waals surface area contributed by atoms with Gasteiger partial charge in [0.25, 0.3) is 0 Å². The molecule has 0 saturated carbocycles. The molecular weight excluding hydrogens is 220 g/mol. The van der Waals surface area contributed by atoms with Gasteiger partial charge in [-0.15, -0.1) is 11.8 Å². The Hall–Kier alpha value is -1.68. The molecule has 2 rings (SSSR count). The summed E-state index contributed by atoms with van der Waals surface area (Å²) in [6.45, 7) is 0. The number of rotatable bonds is 4. The van der Waals surface area contributed by atoms with Crippen LogP contribution in [0.3, 0.4) is 0 Å². The van der Waals surface area contributed by atoms with Crippen molar-refractivity contribution in [2.75, 3.05) is 0 Å². The van der Waals surface area contributed by atoms with Crippen LogP contribution in [0.5, 0.6) is 0 Å². The van der Waals surface area contributed by atoms with E-state index < -0.39 is 0 Å². The van der Waals surface area contributed by atoms with E-state index in [1.54, 1.807) is 24.2 Å². The zero-order chi connectivity index (χ0) is 11.2. The molecule has 4 heteroatoms. The lowest BCUT2D eigenvalue weighted by atomic mass is 10.4. The summed E-state index contributed by atoms with van der Waals surface area (Å²) in [7, 11) is 0. The van der Waals surface area contributed by atoms with Crippen LogP contribution in [0.2, 0.25) is 0 Å². The van der Waals surface area contributed by atoms with Crippen LogP contribution in [-0.4, -0.2) is 16.3 Å².